The molecule has 0 spiro atoms. The second-order valence-corrected chi connectivity index (χ2v) is 5.45. The van der Waals surface area contributed by atoms with E-state index in [1.165, 1.54) is 24.8 Å². The van der Waals surface area contributed by atoms with E-state index in [0.717, 1.165) is 9.80 Å². The zero-order valence-electron chi connectivity index (χ0n) is 8.46. The first kappa shape index (κ1) is 11.6. The Hall–Kier alpha value is 0.140. The minimum Gasteiger partial charge on any atom is -0.369 e. The molecule has 1 unspecified atom stereocenters. The van der Waals surface area contributed by atoms with E-state index in [0.29, 0.717) is 6.10 Å². The van der Waals surface area contributed by atoms with Gasteiger partial charge in [0.05, 0.1) is 12.2 Å². The van der Waals surface area contributed by atoms with E-state index in [1.54, 1.807) is 0 Å². The summed E-state index contributed by atoms with van der Waals surface area (Å²) in [4.78, 5) is 0. The lowest BCUT2D eigenvalue weighted by atomic mass is 9.96. The molecule has 1 atom stereocenters. The first-order chi connectivity index (χ1) is 7.29. The number of alkyl halides is 1. The lowest BCUT2D eigenvalue weighted by Crippen LogP contribution is -2.24. The van der Waals surface area contributed by atoms with Crippen molar-refractivity contribution in [3.05, 3.63) is 34.3 Å². The third kappa shape index (κ3) is 3.05. The van der Waals surface area contributed by atoms with Crippen LogP contribution in [0.1, 0.15) is 30.9 Å². The van der Waals surface area contributed by atoms with E-state index in [4.69, 9.17) is 4.74 Å². The van der Waals surface area contributed by atoms with Gasteiger partial charge < -0.3 is 4.74 Å². The van der Waals surface area contributed by atoms with Crippen LogP contribution in [0.5, 0.6) is 0 Å². The van der Waals surface area contributed by atoms with Crippen LogP contribution in [-0.4, -0.2) is 11.4 Å². The van der Waals surface area contributed by atoms with Gasteiger partial charge in [0.25, 0.3) is 0 Å². The van der Waals surface area contributed by atoms with E-state index < -0.39 is 0 Å². The molecule has 82 valence electrons. The van der Waals surface area contributed by atoms with Crippen molar-refractivity contribution in [2.75, 3.05) is 5.33 Å². The molecule has 3 heteroatoms. The fourth-order valence-corrected chi connectivity index (χ4v) is 2.59. The van der Waals surface area contributed by atoms with Crippen LogP contribution in [0.2, 0.25) is 0 Å². The summed E-state index contributed by atoms with van der Waals surface area (Å²) < 4.78 is 7.12. The van der Waals surface area contributed by atoms with Gasteiger partial charge in [-0.3, -0.25) is 0 Å². The van der Waals surface area contributed by atoms with Crippen LogP contribution in [0, 0.1) is 0 Å². The van der Waals surface area contributed by atoms with Gasteiger partial charge in [-0.1, -0.05) is 44.0 Å². The largest absolute Gasteiger partial charge is 0.369 e. The van der Waals surface area contributed by atoms with Crippen LogP contribution in [-0.2, 0) is 4.74 Å². The van der Waals surface area contributed by atoms with Gasteiger partial charge >= 0.3 is 0 Å². The molecule has 1 aliphatic carbocycles. The minimum atomic E-state index is 0.188. The maximum atomic E-state index is 6.01. The van der Waals surface area contributed by atoms with Crippen LogP contribution >= 0.6 is 31.9 Å². The molecule has 15 heavy (non-hydrogen) atoms. The van der Waals surface area contributed by atoms with Crippen LogP contribution in [0.4, 0.5) is 0 Å². The van der Waals surface area contributed by atoms with E-state index >= 15 is 0 Å². The van der Waals surface area contributed by atoms with Gasteiger partial charge in [-0.05, 0) is 37.0 Å². The number of ether oxygens (including phenoxy) is 1. The average Bonchev–Trinajstić information content (AvgIpc) is 2.16. The first-order valence-electron chi connectivity index (χ1n) is 5.26. The smallest absolute Gasteiger partial charge is 0.0925 e. The highest BCUT2D eigenvalue weighted by Crippen LogP contribution is 2.30. The summed E-state index contributed by atoms with van der Waals surface area (Å²) in [6, 6.07) is 8.34. The van der Waals surface area contributed by atoms with Crippen molar-refractivity contribution >= 4 is 31.9 Å². The number of hydrogen-bond donors (Lipinski definition) is 0. The van der Waals surface area contributed by atoms with E-state index in [1.807, 2.05) is 6.07 Å². The first-order valence-corrected chi connectivity index (χ1v) is 7.18. The molecule has 0 amide bonds. The molecule has 1 nitrogen and oxygen atoms in total. The normalized spacial score (nSPS) is 18.5. The van der Waals surface area contributed by atoms with Crippen molar-refractivity contribution in [1.82, 2.24) is 0 Å². The molecule has 0 bridgehead atoms. The quantitative estimate of drug-likeness (QED) is 0.739. The Kier molecular flexibility index (Phi) is 4.23. The molecule has 0 N–H and O–H groups in total. The van der Waals surface area contributed by atoms with Crippen LogP contribution in [0.15, 0.2) is 28.7 Å². The molecule has 1 aliphatic rings. The van der Waals surface area contributed by atoms with Gasteiger partial charge in [0, 0.05) is 9.80 Å². The number of benzene rings is 1. The topological polar surface area (TPSA) is 9.23 Å². The number of hydrogen-bond acceptors (Lipinski definition) is 1. The Morgan fingerprint density at radius 1 is 1.40 bits per heavy atom. The molecule has 1 fully saturated rings. The summed E-state index contributed by atoms with van der Waals surface area (Å²) in [6.45, 7) is 0. The molecule has 1 saturated carbocycles. The molecule has 0 saturated heterocycles. The van der Waals surface area contributed by atoms with Gasteiger partial charge in [0.15, 0.2) is 0 Å². The predicted octanol–water partition coefficient (Wildman–Crippen LogP) is 4.45. The predicted molar refractivity (Wildman–Crippen MR) is 69.4 cm³/mol. The third-order valence-corrected chi connectivity index (χ3v) is 3.85. The van der Waals surface area contributed by atoms with Crippen molar-refractivity contribution in [2.24, 2.45) is 0 Å². The highest BCUT2D eigenvalue weighted by Gasteiger charge is 2.22. The van der Waals surface area contributed by atoms with Crippen molar-refractivity contribution in [2.45, 2.75) is 31.5 Å². The monoisotopic (exact) mass is 332 g/mol. The maximum absolute atomic E-state index is 6.01. The van der Waals surface area contributed by atoms with Crippen molar-refractivity contribution in [3.63, 3.8) is 0 Å². The van der Waals surface area contributed by atoms with Gasteiger partial charge in [0.1, 0.15) is 0 Å². The number of rotatable bonds is 4. The second-order valence-electron chi connectivity index (χ2n) is 3.89. The summed E-state index contributed by atoms with van der Waals surface area (Å²) in [5.74, 6) is 0. The lowest BCUT2D eigenvalue weighted by molar-refractivity contribution is -0.0419. The Balaban J connectivity index is 2.04. The standard InChI is InChI=1S/C12H14Br2O/c13-8-12(15-11-5-2-6-11)9-3-1-4-10(14)7-9/h1,3-4,7,11-12H,2,5-6,8H2. The molecular formula is C12H14Br2O. The molecular weight excluding hydrogens is 320 g/mol. The van der Waals surface area contributed by atoms with Gasteiger partial charge in [-0.25, -0.2) is 0 Å². The van der Waals surface area contributed by atoms with E-state index in [9.17, 15) is 0 Å². The lowest BCUT2D eigenvalue weighted by Gasteiger charge is -2.30. The van der Waals surface area contributed by atoms with Gasteiger partial charge in [0.2, 0.25) is 0 Å². The molecule has 1 aromatic rings. The summed E-state index contributed by atoms with van der Waals surface area (Å²) >= 11 is 7.00. The second kappa shape index (κ2) is 5.46. The van der Waals surface area contributed by atoms with Crippen LogP contribution in [0.25, 0.3) is 0 Å². The highest BCUT2D eigenvalue weighted by molar-refractivity contribution is 9.10. The van der Waals surface area contributed by atoms with Crippen LogP contribution in [0.3, 0.4) is 0 Å². The summed E-state index contributed by atoms with van der Waals surface area (Å²) in [7, 11) is 0. The molecule has 0 radical (unpaired) electrons. The third-order valence-electron chi connectivity index (χ3n) is 2.77. The van der Waals surface area contributed by atoms with Crippen molar-refractivity contribution in [3.8, 4) is 0 Å². The van der Waals surface area contributed by atoms with E-state index in [2.05, 4.69) is 50.1 Å². The van der Waals surface area contributed by atoms with Crippen molar-refractivity contribution in [1.29, 1.82) is 0 Å². The van der Waals surface area contributed by atoms with Crippen LogP contribution < -0.4 is 0 Å². The Labute approximate surface area is 107 Å². The summed E-state index contributed by atoms with van der Waals surface area (Å²) in [5, 5.41) is 0.861. The Bertz CT molecular complexity index is 323. The van der Waals surface area contributed by atoms with E-state index in [-0.39, 0.29) is 6.10 Å². The van der Waals surface area contributed by atoms with Crippen molar-refractivity contribution < 1.29 is 4.74 Å². The average molecular weight is 334 g/mol. The van der Waals surface area contributed by atoms with Gasteiger partial charge in [-0.2, -0.15) is 0 Å². The fraction of sp³-hybridized carbons (Fsp3) is 0.500. The Morgan fingerprint density at radius 2 is 2.20 bits per heavy atom. The fourth-order valence-electron chi connectivity index (χ4n) is 1.65. The maximum Gasteiger partial charge on any atom is 0.0925 e. The molecule has 0 aromatic heterocycles. The summed E-state index contributed by atoms with van der Waals surface area (Å²) in [6.07, 6.45) is 4.42. The summed E-state index contributed by atoms with van der Waals surface area (Å²) in [5.41, 5.74) is 1.24. The minimum absolute atomic E-state index is 0.188. The number of halogens is 2. The highest BCUT2D eigenvalue weighted by atomic mass is 79.9. The molecule has 0 aliphatic heterocycles. The molecule has 1 aromatic carbocycles. The zero-order valence-corrected chi connectivity index (χ0v) is 11.6. The van der Waals surface area contributed by atoms with Gasteiger partial charge in [-0.15, -0.1) is 0 Å². The zero-order chi connectivity index (χ0) is 10.7. The SMILES string of the molecule is BrCC(OC1CCC1)c1cccc(Br)c1. The molecule has 0 heterocycles. The molecule has 2 rings (SSSR count). The Morgan fingerprint density at radius 3 is 2.73 bits per heavy atom.